The fourth-order valence-corrected chi connectivity index (χ4v) is 2.78. The standard InChI is InChI=1S/C13H17NS/c1-2-14-9-4-7-11-5-3-6-12-8-10-15-13(11)12/h3,5-6,8,10,14H,2,4,7,9H2,1H3. The minimum Gasteiger partial charge on any atom is -0.317 e. The summed E-state index contributed by atoms with van der Waals surface area (Å²) in [5, 5.41) is 6.93. The molecule has 0 saturated heterocycles. The average Bonchev–Trinajstić information content (AvgIpc) is 2.73. The highest BCUT2D eigenvalue weighted by atomic mass is 32.1. The maximum Gasteiger partial charge on any atom is 0.0374 e. The first-order valence-electron chi connectivity index (χ1n) is 5.57. The SMILES string of the molecule is CCNCCCc1cccc2ccsc12. The molecule has 0 saturated carbocycles. The van der Waals surface area contributed by atoms with Gasteiger partial charge in [0.15, 0.2) is 0 Å². The minimum atomic E-state index is 1.07. The maximum absolute atomic E-state index is 3.36. The quantitative estimate of drug-likeness (QED) is 0.760. The van der Waals surface area contributed by atoms with Gasteiger partial charge in [0.2, 0.25) is 0 Å². The van der Waals surface area contributed by atoms with Crippen LogP contribution in [0.15, 0.2) is 29.6 Å². The van der Waals surface area contributed by atoms with Crippen molar-refractivity contribution >= 4 is 21.4 Å². The Labute approximate surface area is 95.1 Å². The molecule has 1 aromatic heterocycles. The number of rotatable bonds is 5. The molecule has 1 aromatic carbocycles. The summed E-state index contributed by atoms with van der Waals surface area (Å²) in [4.78, 5) is 0. The molecule has 0 bridgehead atoms. The molecule has 0 atom stereocenters. The number of fused-ring (bicyclic) bond motifs is 1. The Balaban J connectivity index is 2.04. The second-order valence-corrected chi connectivity index (χ2v) is 4.63. The second kappa shape index (κ2) is 5.29. The van der Waals surface area contributed by atoms with Crippen LogP contribution in [0.3, 0.4) is 0 Å². The van der Waals surface area contributed by atoms with Crippen LogP contribution in [0.25, 0.3) is 10.1 Å². The number of hydrogen-bond acceptors (Lipinski definition) is 2. The van der Waals surface area contributed by atoms with Crippen LogP contribution in [0.1, 0.15) is 18.9 Å². The third-order valence-corrected chi connectivity index (χ3v) is 3.62. The number of nitrogens with one attached hydrogen (secondary N) is 1. The zero-order chi connectivity index (χ0) is 10.5. The third kappa shape index (κ3) is 2.58. The molecule has 1 N–H and O–H groups in total. The molecule has 80 valence electrons. The normalized spacial score (nSPS) is 11.0. The van der Waals surface area contributed by atoms with Crippen LogP contribution in [-0.4, -0.2) is 13.1 Å². The van der Waals surface area contributed by atoms with Crippen molar-refractivity contribution in [2.45, 2.75) is 19.8 Å². The number of thiophene rings is 1. The largest absolute Gasteiger partial charge is 0.317 e. The molecule has 2 heteroatoms. The Bertz CT molecular complexity index is 419. The van der Waals surface area contributed by atoms with Crippen molar-refractivity contribution in [2.24, 2.45) is 0 Å². The van der Waals surface area contributed by atoms with E-state index in [1.807, 2.05) is 11.3 Å². The summed E-state index contributed by atoms with van der Waals surface area (Å²) in [7, 11) is 0. The first-order valence-corrected chi connectivity index (χ1v) is 6.45. The highest BCUT2D eigenvalue weighted by Crippen LogP contribution is 2.25. The van der Waals surface area contributed by atoms with E-state index in [9.17, 15) is 0 Å². The van der Waals surface area contributed by atoms with Crippen molar-refractivity contribution in [2.75, 3.05) is 13.1 Å². The summed E-state index contributed by atoms with van der Waals surface area (Å²) < 4.78 is 1.47. The van der Waals surface area contributed by atoms with Gasteiger partial charge in [0, 0.05) is 4.70 Å². The Morgan fingerprint density at radius 2 is 2.20 bits per heavy atom. The molecule has 0 fully saturated rings. The molecule has 0 aliphatic carbocycles. The highest BCUT2D eigenvalue weighted by Gasteiger charge is 2.01. The van der Waals surface area contributed by atoms with Crippen LogP contribution in [0.4, 0.5) is 0 Å². The summed E-state index contributed by atoms with van der Waals surface area (Å²) >= 11 is 1.86. The van der Waals surface area contributed by atoms with Gasteiger partial charge in [-0.25, -0.2) is 0 Å². The Hall–Kier alpha value is -0.860. The van der Waals surface area contributed by atoms with Crippen molar-refractivity contribution in [3.05, 3.63) is 35.2 Å². The molecule has 0 aliphatic rings. The lowest BCUT2D eigenvalue weighted by Crippen LogP contribution is -2.14. The molecule has 0 amide bonds. The van der Waals surface area contributed by atoms with Crippen LogP contribution in [0.5, 0.6) is 0 Å². The van der Waals surface area contributed by atoms with Crippen LogP contribution < -0.4 is 5.32 Å². The third-order valence-electron chi connectivity index (χ3n) is 2.61. The van der Waals surface area contributed by atoms with Gasteiger partial charge in [-0.05, 0) is 48.3 Å². The summed E-state index contributed by atoms with van der Waals surface area (Å²) in [5.41, 5.74) is 1.50. The van der Waals surface area contributed by atoms with Crippen molar-refractivity contribution < 1.29 is 0 Å². The lowest BCUT2D eigenvalue weighted by atomic mass is 10.1. The molecular formula is C13H17NS. The molecule has 0 aliphatic heterocycles. The predicted molar refractivity (Wildman–Crippen MR) is 68.7 cm³/mol. The predicted octanol–water partition coefficient (Wildman–Crippen LogP) is 3.44. The second-order valence-electron chi connectivity index (χ2n) is 3.71. The van der Waals surface area contributed by atoms with Gasteiger partial charge in [-0.15, -0.1) is 11.3 Å². The summed E-state index contributed by atoms with van der Waals surface area (Å²) in [6, 6.07) is 8.82. The van der Waals surface area contributed by atoms with Gasteiger partial charge in [-0.3, -0.25) is 0 Å². The summed E-state index contributed by atoms with van der Waals surface area (Å²) in [6.45, 7) is 4.35. The molecule has 2 aromatic rings. The summed E-state index contributed by atoms with van der Waals surface area (Å²) in [6.07, 6.45) is 2.41. The van der Waals surface area contributed by atoms with Crippen LogP contribution >= 0.6 is 11.3 Å². The minimum absolute atomic E-state index is 1.07. The van der Waals surface area contributed by atoms with E-state index < -0.39 is 0 Å². The molecular weight excluding hydrogens is 202 g/mol. The van der Waals surface area contributed by atoms with Crippen molar-refractivity contribution in [1.82, 2.24) is 5.32 Å². The van der Waals surface area contributed by atoms with Crippen LogP contribution in [-0.2, 0) is 6.42 Å². The molecule has 0 unspecified atom stereocenters. The highest BCUT2D eigenvalue weighted by molar-refractivity contribution is 7.17. The van der Waals surface area contributed by atoms with Crippen molar-refractivity contribution in [3.8, 4) is 0 Å². The topological polar surface area (TPSA) is 12.0 Å². The van der Waals surface area contributed by atoms with E-state index in [4.69, 9.17) is 0 Å². The summed E-state index contributed by atoms with van der Waals surface area (Å²) in [5.74, 6) is 0. The van der Waals surface area contributed by atoms with Crippen molar-refractivity contribution in [3.63, 3.8) is 0 Å². The molecule has 1 nitrogen and oxygen atoms in total. The van der Waals surface area contributed by atoms with E-state index in [1.54, 1.807) is 0 Å². The van der Waals surface area contributed by atoms with Crippen molar-refractivity contribution in [1.29, 1.82) is 0 Å². The smallest absolute Gasteiger partial charge is 0.0374 e. The number of hydrogen-bond donors (Lipinski definition) is 1. The van der Waals surface area contributed by atoms with E-state index in [0.29, 0.717) is 0 Å². The van der Waals surface area contributed by atoms with Gasteiger partial charge in [-0.1, -0.05) is 25.1 Å². The van der Waals surface area contributed by atoms with Gasteiger partial charge < -0.3 is 5.32 Å². The first-order chi connectivity index (χ1) is 7.42. The lowest BCUT2D eigenvalue weighted by molar-refractivity contribution is 0.674. The number of aryl methyl sites for hydroxylation is 1. The zero-order valence-electron chi connectivity index (χ0n) is 9.12. The van der Waals surface area contributed by atoms with E-state index in [2.05, 4.69) is 41.9 Å². The van der Waals surface area contributed by atoms with Gasteiger partial charge in [0.25, 0.3) is 0 Å². The van der Waals surface area contributed by atoms with Gasteiger partial charge in [0.05, 0.1) is 0 Å². The van der Waals surface area contributed by atoms with E-state index in [1.165, 1.54) is 28.5 Å². The van der Waals surface area contributed by atoms with Crippen LogP contribution in [0.2, 0.25) is 0 Å². The van der Waals surface area contributed by atoms with Gasteiger partial charge >= 0.3 is 0 Å². The molecule has 1 heterocycles. The number of benzene rings is 1. The average molecular weight is 219 g/mol. The zero-order valence-corrected chi connectivity index (χ0v) is 9.94. The maximum atomic E-state index is 3.36. The lowest BCUT2D eigenvalue weighted by Gasteiger charge is -2.03. The fraction of sp³-hybridized carbons (Fsp3) is 0.385. The Morgan fingerprint density at radius 1 is 1.27 bits per heavy atom. The van der Waals surface area contributed by atoms with Crippen LogP contribution in [0, 0.1) is 0 Å². The van der Waals surface area contributed by atoms with E-state index in [-0.39, 0.29) is 0 Å². The molecule has 2 rings (SSSR count). The van der Waals surface area contributed by atoms with Gasteiger partial charge in [-0.2, -0.15) is 0 Å². The molecule has 0 radical (unpaired) electrons. The Kier molecular flexibility index (Phi) is 3.75. The monoisotopic (exact) mass is 219 g/mol. The van der Waals surface area contributed by atoms with E-state index >= 15 is 0 Å². The van der Waals surface area contributed by atoms with E-state index in [0.717, 1.165) is 13.1 Å². The van der Waals surface area contributed by atoms with Gasteiger partial charge in [0.1, 0.15) is 0 Å². The molecule has 0 spiro atoms. The first kappa shape index (κ1) is 10.7. The fourth-order valence-electron chi connectivity index (χ4n) is 1.83. The Morgan fingerprint density at radius 3 is 3.07 bits per heavy atom. The molecule has 15 heavy (non-hydrogen) atoms.